The van der Waals surface area contributed by atoms with Crippen LogP contribution in [0.25, 0.3) is 0 Å². The van der Waals surface area contributed by atoms with E-state index in [0.29, 0.717) is 25.0 Å². The SMILES string of the molecule is Cn1cnc(CNC(=O)CNC2CC2)n1. The van der Waals surface area contributed by atoms with Crippen molar-refractivity contribution < 1.29 is 4.79 Å². The van der Waals surface area contributed by atoms with Gasteiger partial charge in [0.2, 0.25) is 5.91 Å². The van der Waals surface area contributed by atoms with Crippen molar-refractivity contribution in [3.05, 3.63) is 12.2 Å². The molecule has 0 spiro atoms. The van der Waals surface area contributed by atoms with Crippen molar-refractivity contribution in [3.63, 3.8) is 0 Å². The van der Waals surface area contributed by atoms with E-state index in [2.05, 4.69) is 20.7 Å². The van der Waals surface area contributed by atoms with Crippen molar-refractivity contribution in [1.29, 1.82) is 0 Å². The Morgan fingerprint density at radius 1 is 1.67 bits per heavy atom. The molecule has 2 rings (SSSR count). The van der Waals surface area contributed by atoms with Crippen LogP contribution in [-0.2, 0) is 18.4 Å². The molecule has 1 saturated carbocycles. The monoisotopic (exact) mass is 209 g/mol. The van der Waals surface area contributed by atoms with E-state index in [-0.39, 0.29) is 5.91 Å². The van der Waals surface area contributed by atoms with Crippen LogP contribution in [0.15, 0.2) is 6.33 Å². The standard InChI is InChI=1S/C9H15N5O/c1-14-6-12-8(13-14)4-11-9(15)5-10-7-2-3-7/h6-7,10H,2-5H2,1H3,(H,11,15). The van der Waals surface area contributed by atoms with Gasteiger partial charge in [0.25, 0.3) is 0 Å². The summed E-state index contributed by atoms with van der Waals surface area (Å²) in [6.45, 7) is 0.781. The van der Waals surface area contributed by atoms with Gasteiger partial charge in [0, 0.05) is 13.1 Å². The van der Waals surface area contributed by atoms with Crippen molar-refractivity contribution in [2.45, 2.75) is 25.4 Å². The zero-order chi connectivity index (χ0) is 10.7. The van der Waals surface area contributed by atoms with Gasteiger partial charge in [-0.25, -0.2) is 4.98 Å². The topological polar surface area (TPSA) is 71.8 Å². The minimum absolute atomic E-state index is 0.00523. The van der Waals surface area contributed by atoms with E-state index >= 15 is 0 Å². The summed E-state index contributed by atoms with van der Waals surface area (Å²) in [5.41, 5.74) is 0. The number of amides is 1. The predicted octanol–water partition coefficient (Wildman–Crippen LogP) is -0.817. The number of carbonyl (C=O) groups is 1. The van der Waals surface area contributed by atoms with Crippen LogP contribution in [0.3, 0.4) is 0 Å². The van der Waals surface area contributed by atoms with Crippen molar-refractivity contribution in [2.24, 2.45) is 7.05 Å². The van der Waals surface area contributed by atoms with Crippen LogP contribution in [0.4, 0.5) is 0 Å². The third-order valence-corrected chi connectivity index (χ3v) is 2.22. The van der Waals surface area contributed by atoms with E-state index in [9.17, 15) is 4.79 Å². The highest BCUT2D eigenvalue weighted by Gasteiger charge is 2.20. The summed E-state index contributed by atoms with van der Waals surface area (Å²) >= 11 is 0. The van der Waals surface area contributed by atoms with E-state index in [0.717, 1.165) is 0 Å². The lowest BCUT2D eigenvalue weighted by Gasteiger charge is -2.03. The smallest absolute Gasteiger partial charge is 0.234 e. The summed E-state index contributed by atoms with van der Waals surface area (Å²) in [7, 11) is 1.80. The number of rotatable bonds is 5. The maximum Gasteiger partial charge on any atom is 0.234 e. The lowest BCUT2D eigenvalue weighted by Crippen LogP contribution is -2.34. The van der Waals surface area contributed by atoms with Gasteiger partial charge in [0.1, 0.15) is 6.33 Å². The summed E-state index contributed by atoms with van der Waals surface area (Å²) < 4.78 is 1.62. The molecule has 0 saturated heterocycles. The van der Waals surface area contributed by atoms with Gasteiger partial charge in [0.15, 0.2) is 5.82 Å². The molecule has 82 valence electrons. The summed E-state index contributed by atoms with van der Waals surface area (Å²) in [4.78, 5) is 15.3. The third-order valence-electron chi connectivity index (χ3n) is 2.22. The van der Waals surface area contributed by atoms with E-state index in [1.165, 1.54) is 12.8 Å². The van der Waals surface area contributed by atoms with Gasteiger partial charge < -0.3 is 10.6 Å². The highest BCUT2D eigenvalue weighted by Crippen LogP contribution is 2.17. The summed E-state index contributed by atoms with van der Waals surface area (Å²) in [5, 5.41) is 9.96. The molecular formula is C9H15N5O. The second-order valence-corrected chi connectivity index (χ2v) is 3.77. The number of hydrogen-bond donors (Lipinski definition) is 2. The van der Waals surface area contributed by atoms with Gasteiger partial charge in [-0.15, -0.1) is 0 Å². The Morgan fingerprint density at radius 2 is 2.47 bits per heavy atom. The van der Waals surface area contributed by atoms with Gasteiger partial charge in [-0.1, -0.05) is 0 Å². The normalized spacial score (nSPS) is 15.3. The molecule has 6 heteroatoms. The van der Waals surface area contributed by atoms with Gasteiger partial charge >= 0.3 is 0 Å². The first-order valence-corrected chi connectivity index (χ1v) is 5.08. The highest BCUT2D eigenvalue weighted by molar-refractivity contribution is 5.77. The Labute approximate surface area is 88.1 Å². The molecule has 1 aromatic heterocycles. The fourth-order valence-electron chi connectivity index (χ4n) is 1.23. The largest absolute Gasteiger partial charge is 0.348 e. The molecule has 1 aromatic rings. The Bertz CT molecular complexity index is 344. The second kappa shape index (κ2) is 4.39. The van der Waals surface area contributed by atoms with Gasteiger partial charge in [0.05, 0.1) is 13.1 Å². The molecule has 1 heterocycles. The van der Waals surface area contributed by atoms with Gasteiger partial charge in [-0.05, 0) is 12.8 Å². The van der Waals surface area contributed by atoms with Gasteiger partial charge in [-0.2, -0.15) is 5.10 Å². The maximum absolute atomic E-state index is 11.3. The van der Waals surface area contributed by atoms with Crippen LogP contribution in [0.5, 0.6) is 0 Å². The molecule has 1 fully saturated rings. The number of nitrogens with zero attached hydrogens (tertiary/aromatic N) is 3. The lowest BCUT2D eigenvalue weighted by atomic mass is 10.5. The molecule has 0 bridgehead atoms. The second-order valence-electron chi connectivity index (χ2n) is 3.77. The number of nitrogens with one attached hydrogen (secondary N) is 2. The van der Waals surface area contributed by atoms with E-state index in [1.807, 2.05) is 0 Å². The Morgan fingerprint density at radius 3 is 3.07 bits per heavy atom. The molecule has 0 aliphatic heterocycles. The quantitative estimate of drug-likeness (QED) is 0.665. The van der Waals surface area contributed by atoms with Crippen LogP contribution in [0.1, 0.15) is 18.7 Å². The van der Waals surface area contributed by atoms with Crippen molar-refractivity contribution in [1.82, 2.24) is 25.4 Å². The molecule has 2 N–H and O–H groups in total. The minimum Gasteiger partial charge on any atom is -0.348 e. The summed E-state index contributed by atoms with van der Waals surface area (Å²) in [5.74, 6) is 0.631. The fourth-order valence-corrected chi connectivity index (χ4v) is 1.23. The summed E-state index contributed by atoms with van der Waals surface area (Å²) in [6.07, 6.45) is 3.99. The number of aromatic nitrogens is 3. The zero-order valence-corrected chi connectivity index (χ0v) is 8.73. The average Bonchev–Trinajstić information content (AvgIpc) is 2.95. The van der Waals surface area contributed by atoms with Crippen LogP contribution < -0.4 is 10.6 Å². The molecule has 0 aromatic carbocycles. The van der Waals surface area contributed by atoms with E-state index < -0.39 is 0 Å². The molecule has 15 heavy (non-hydrogen) atoms. The first-order chi connectivity index (χ1) is 7.24. The van der Waals surface area contributed by atoms with E-state index in [4.69, 9.17) is 0 Å². The molecule has 6 nitrogen and oxygen atoms in total. The highest BCUT2D eigenvalue weighted by atomic mass is 16.1. The lowest BCUT2D eigenvalue weighted by molar-refractivity contribution is -0.120. The third kappa shape index (κ3) is 3.32. The minimum atomic E-state index is -0.00523. The van der Waals surface area contributed by atoms with Crippen molar-refractivity contribution in [3.8, 4) is 0 Å². The number of aryl methyl sites for hydroxylation is 1. The molecule has 1 aliphatic rings. The first kappa shape index (κ1) is 10.1. The van der Waals surface area contributed by atoms with Crippen LogP contribution in [0, 0.1) is 0 Å². The fraction of sp³-hybridized carbons (Fsp3) is 0.667. The average molecular weight is 209 g/mol. The molecule has 1 amide bonds. The number of hydrogen-bond acceptors (Lipinski definition) is 4. The predicted molar refractivity (Wildman–Crippen MR) is 53.9 cm³/mol. The van der Waals surface area contributed by atoms with Crippen molar-refractivity contribution >= 4 is 5.91 Å². The molecule has 0 unspecified atom stereocenters. The Balaban J connectivity index is 1.65. The number of carbonyl (C=O) groups excluding carboxylic acids is 1. The van der Waals surface area contributed by atoms with Crippen LogP contribution in [0.2, 0.25) is 0 Å². The molecular weight excluding hydrogens is 194 g/mol. The van der Waals surface area contributed by atoms with Crippen molar-refractivity contribution in [2.75, 3.05) is 6.54 Å². The molecule has 1 aliphatic carbocycles. The Kier molecular flexibility index (Phi) is 2.96. The van der Waals surface area contributed by atoms with Gasteiger partial charge in [-0.3, -0.25) is 9.48 Å². The van der Waals surface area contributed by atoms with Crippen LogP contribution >= 0.6 is 0 Å². The Hall–Kier alpha value is -1.43. The van der Waals surface area contributed by atoms with E-state index in [1.54, 1.807) is 18.1 Å². The first-order valence-electron chi connectivity index (χ1n) is 5.08. The molecule has 0 radical (unpaired) electrons. The maximum atomic E-state index is 11.3. The van der Waals surface area contributed by atoms with Crippen LogP contribution in [-0.4, -0.2) is 33.3 Å². The summed E-state index contributed by atoms with van der Waals surface area (Å²) in [6, 6.07) is 0.559. The molecule has 0 atom stereocenters. The zero-order valence-electron chi connectivity index (χ0n) is 8.73.